The second kappa shape index (κ2) is 6.88. The maximum atomic E-state index is 12.0. The number of aliphatic hydroxyl groups is 1. The Bertz CT molecular complexity index is 587. The first-order chi connectivity index (χ1) is 9.70. The van der Waals surface area contributed by atoms with Crippen molar-refractivity contribution in [2.75, 3.05) is 18.5 Å². The van der Waals surface area contributed by atoms with Crippen molar-refractivity contribution in [3.8, 4) is 5.75 Å². The molecule has 0 saturated heterocycles. The summed E-state index contributed by atoms with van der Waals surface area (Å²) in [5.74, 6) is 0.320. The number of halogens is 1. The molecule has 2 N–H and O–H groups in total. The Hall–Kier alpha value is -2.11. The van der Waals surface area contributed by atoms with Crippen molar-refractivity contribution in [3.63, 3.8) is 0 Å². The highest BCUT2D eigenvalue weighted by Crippen LogP contribution is 2.18. The van der Waals surface area contributed by atoms with Gasteiger partial charge in [0.25, 0.3) is 5.91 Å². The van der Waals surface area contributed by atoms with E-state index >= 15 is 0 Å². The smallest absolute Gasteiger partial charge is 0.257 e. The molecule has 2 rings (SSSR count). The van der Waals surface area contributed by atoms with Gasteiger partial charge in [-0.3, -0.25) is 9.78 Å². The van der Waals surface area contributed by atoms with Crippen LogP contribution >= 0.6 is 11.6 Å². The van der Waals surface area contributed by atoms with E-state index in [4.69, 9.17) is 21.4 Å². The van der Waals surface area contributed by atoms with Gasteiger partial charge in [-0.15, -0.1) is 0 Å². The lowest BCUT2D eigenvalue weighted by atomic mass is 10.2. The minimum Gasteiger partial charge on any atom is -0.491 e. The Balaban J connectivity index is 2.03. The van der Waals surface area contributed by atoms with E-state index < -0.39 is 0 Å². The molecule has 0 aliphatic carbocycles. The number of hydrogen-bond donors (Lipinski definition) is 2. The van der Waals surface area contributed by atoms with E-state index in [0.29, 0.717) is 22.0 Å². The van der Waals surface area contributed by atoms with Crippen molar-refractivity contribution < 1.29 is 14.6 Å². The third kappa shape index (κ3) is 3.69. The average molecular weight is 293 g/mol. The van der Waals surface area contributed by atoms with Crippen molar-refractivity contribution in [2.45, 2.75) is 0 Å². The zero-order valence-corrected chi connectivity index (χ0v) is 11.3. The summed E-state index contributed by atoms with van der Waals surface area (Å²) in [6.07, 6.45) is 2.93. The van der Waals surface area contributed by atoms with E-state index in [9.17, 15) is 4.79 Å². The molecule has 20 heavy (non-hydrogen) atoms. The van der Waals surface area contributed by atoms with Crippen molar-refractivity contribution in [2.24, 2.45) is 0 Å². The number of rotatable bonds is 5. The van der Waals surface area contributed by atoms with Crippen molar-refractivity contribution in [3.05, 3.63) is 53.3 Å². The molecule has 6 heteroatoms. The standard InChI is InChI=1S/C14H13ClN2O3/c15-13-9-16-6-5-12(13)14(19)17-10-1-3-11(4-2-10)20-8-7-18/h1-6,9,18H,7-8H2,(H,17,19). The van der Waals surface area contributed by atoms with Crippen molar-refractivity contribution in [1.82, 2.24) is 4.98 Å². The molecule has 104 valence electrons. The van der Waals surface area contributed by atoms with Gasteiger partial charge in [0.2, 0.25) is 0 Å². The van der Waals surface area contributed by atoms with Crippen LogP contribution in [0.15, 0.2) is 42.7 Å². The Morgan fingerprint density at radius 1 is 1.30 bits per heavy atom. The quantitative estimate of drug-likeness (QED) is 0.887. The molecule has 0 spiro atoms. The SMILES string of the molecule is O=C(Nc1ccc(OCCO)cc1)c1ccncc1Cl. The fourth-order valence-corrected chi connectivity index (χ4v) is 1.76. The van der Waals surface area contributed by atoms with Gasteiger partial charge in [-0.1, -0.05) is 11.6 Å². The van der Waals surface area contributed by atoms with Crippen LogP contribution in [0.5, 0.6) is 5.75 Å². The molecule has 0 radical (unpaired) electrons. The molecular weight excluding hydrogens is 280 g/mol. The number of anilines is 1. The first-order valence-electron chi connectivity index (χ1n) is 5.95. The Kier molecular flexibility index (Phi) is 4.92. The van der Waals surface area contributed by atoms with Gasteiger partial charge < -0.3 is 15.2 Å². The minimum absolute atomic E-state index is 0.0426. The fraction of sp³-hybridized carbons (Fsp3) is 0.143. The van der Waals surface area contributed by atoms with Crippen LogP contribution in [-0.4, -0.2) is 29.2 Å². The number of hydrogen-bond acceptors (Lipinski definition) is 4. The van der Waals surface area contributed by atoms with Crippen LogP contribution in [-0.2, 0) is 0 Å². The molecule has 1 amide bonds. The number of aliphatic hydroxyl groups excluding tert-OH is 1. The van der Waals surface area contributed by atoms with Crippen LogP contribution in [0, 0.1) is 0 Å². The van der Waals surface area contributed by atoms with Crippen LogP contribution in [0.4, 0.5) is 5.69 Å². The highest BCUT2D eigenvalue weighted by Gasteiger charge is 2.10. The van der Waals surface area contributed by atoms with E-state index in [1.165, 1.54) is 12.4 Å². The number of nitrogens with one attached hydrogen (secondary N) is 1. The summed E-state index contributed by atoms with van der Waals surface area (Å²) in [5.41, 5.74) is 0.988. The second-order valence-corrected chi connectivity index (χ2v) is 4.31. The van der Waals surface area contributed by atoms with E-state index in [0.717, 1.165) is 0 Å². The summed E-state index contributed by atoms with van der Waals surface area (Å²) in [6, 6.07) is 8.38. The highest BCUT2D eigenvalue weighted by atomic mass is 35.5. The molecule has 0 aliphatic rings. The molecule has 0 aliphatic heterocycles. The van der Waals surface area contributed by atoms with E-state index in [1.54, 1.807) is 30.3 Å². The summed E-state index contributed by atoms with van der Waals surface area (Å²) >= 11 is 5.90. The van der Waals surface area contributed by atoms with Crippen LogP contribution in [0.25, 0.3) is 0 Å². The Labute approximate surface area is 121 Å². The number of carbonyl (C=O) groups excluding carboxylic acids is 1. The molecule has 1 heterocycles. The van der Waals surface area contributed by atoms with Gasteiger partial charge in [0.05, 0.1) is 17.2 Å². The fourth-order valence-electron chi connectivity index (χ4n) is 1.56. The van der Waals surface area contributed by atoms with Crippen LogP contribution in [0.3, 0.4) is 0 Å². The maximum Gasteiger partial charge on any atom is 0.257 e. The normalized spacial score (nSPS) is 10.1. The summed E-state index contributed by atoms with van der Waals surface area (Å²) in [4.78, 5) is 15.8. The molecule has 0 fully saturated rings. The Morgan fingerprint density at radius 2 is 2.05 bits per heavy atom. The molecule has 2 aromatic rings. The van der Waals surface area contributed by atoms with E-state index in [2.05, 4.69) is 10.3 Å². The molecule has 0 unspecified atom stereocenters. The van der Waals surface area contributed by atoms with Gasteiger partial charge in [-0.25, -0.2) is 0 Å². The molecule has 1 aromatic heterocycles. The van der Waals surface area contributed by atoms with Gasteiger partial charge in [-0.05, 0) is 30.3 Å². The predicted molar refractivity (Wildman–Crippen MR) is 76.2 cm³/mol. The van der Waals surface area contributed by atoms with Gasteiger partial charge in [0.1, 0.15) is 12.4 Å². The summed E-state index contributed by atoms with van der Waals surface area (Å²) in [6.45, 7) is 0.192. The lowest BCUT2D eigenvalue weighted by Gasteiger charge is -2.08. The lowest BCUT2D eigenvalue weighted by Crippen LogP contribution is -2.12. The monoisotopic (exact) mass is 292 g/mol. The molecule has 5 nitrogen and oxygen atoms in total. The lowest BCUT2D eigenvalue weighted by molar-refractivity contribution is 0.102. The first kappa shape index (κ1) is 14.3. The number of amides is 1. The topological polar surface area (TPSA) is 71.5 Å². The molecular formula is C14H13ClN2O3. The van der Waals surface area contributed by atoms with E-state index in [1.807, 2.05) is 0 Å². The summed E-state index contributed by atoms with van der Waals surface area (Å²) in [5, 5.41) is 11.7. The van der Waals surface area contributed by atoms with Crippen LogP contribution in [0.1, 0.15) is 10.4 Å². The molecule has 0 saturated carbocycles. The summed E-state index contributed by atoms with van der Waals surface area (Å²) < 4.78 is 5.23. The maximum absolute atomic E-state index is 12.0. The minimum atomic E-state index is -0.304. The van der Waals surface area contributed by atoms with Crippen LogP contribution in [0.2, 0.25) is 5.02 Å². The predicted octanol–water partition coefficient (Wildman–Crippen LogP) is 2.36. The second-order valence-electron chi connectivity index (χ2n) is 3.91. The number of benzene rings is 1. The molecule has 0 atom stereocenters. The van der Waals surface area contributed by atoms with Crippen LogP contribution < -0.4 is 10.1 Å². The highest BCUT2D eigenvalue weighted by molar-refractivity contribution is 6.34. The zero-order chi connectivity index (χ0) is 14.4. The van der Waals surface area contributed by atoms with Gasteiger partial charge >= 0.3 is 0 Å². The Morgan fingerprint density at radius 3 is 2.70 bits per heavy atom. The van der Waals surface area contributed by atoms with Crippen molar-refractivity contribution in [1.29, 1.82) is 0 Å². The first-order valence-corrected chi connectivity index (χ1v) is 6.33. The van der Waals surface area contributed by atoms with Gasteiger partial charge in [-0.2, -0.15) is 0 Å². The third-order valence-corrected chi connectivity index (χ3v) is 2.79. The largest absolute Gasteiger partial charge is 0.491 e. The van der Waals surface area contributed by atoms with Gasteiger partial charge in [0.15, 0.2) is 0 Å². The molecule has 1 aromatic carbocycles. The zero-order valence-electron chi connectivity index (χ0n) is 10.5. The van der Waals surface area contributed by atoms with Crippen molar-refractivity contribution >= 4 is 23.2 Å². The number of ether oxygens (including phenoxy) is 1. The number of pyridine rings is 1. The number of carbonyl (C=O) groups is 1. The number of aromatic nitrogens is 1. The summed E-state index contributed by atoms with van der Waals surface area (Å²) in [7, 11) is 0. The van der Waals surface area contributed by atoms with Gasteiger partial charge in [0, 0.05) is 18.1 Å². The van der Waals surface area contributed by atoms with E-state index in [-0.39, 0.29) is 19.1 Å². The number of nitrogens with zero attached hydrogens (tertiary/aromatic N) is 1. The molecule has 0 bridgehead atoms. The third-order valence-electron chi connectivity index (χ3n) is 2.49. The average Bonchev–Trinajstić information content (AvgIpc) is 2.47.